The van der Waals surface area contributed by atoms with Crippen LogP contribution in [0.5, 0.6) is 0 Å². The van der Waals surface area contributed by atoms with E-state index in [0.717, 1.165) is 23.3 Å². The second kappa shape index (κ2) is 9.77. The van der Waals surface area contributed by atoms with Crippen molar-refractivity contribution in [3.63, 3.8) is 0 Å². The molecule has 3 heterocycles. The van der Waals surface area contributed by atoms with Gasteiger partial charge in [0.25, 0.3) is 0 Å². The van der Waals surface area contributed by atoms with Gasteiger partial charge in [0.1, 0.15) is 5.82 Å². The Kier molecular flexibility index (Phi) is 6.35. The zero-order valence-corrected chi connectivity index (χ0v) is 19.6. The molecule has 2 aromatic carbocycles. The molecular weight excluding hydrogens is 479 g/mol. The van der Waals surface area contributed by atoms with Crippen molar-refractivity contribution in [2.24, 2.45) is 0 Å². The van der Waals surface area contributed by atoms with Gasteiger partial charge in [-0.1, -0.05) is 30.3 Å². The summed E-state index contributed by atoms with van der Waals surface area (Å²) in [7, 11) is 0. The van der Waals surface area contributed by atoms with Crippen LogP contribution in [-0.4, -0.2) is 25.7 Å². The van der Waals surface area contributed by atoms with Gasteiger partial charge in [-0.05, 0) is 54.4 Å². The molecule has 0 fully saturated rings. The van der Waals surface area contributed by atoms with Gasteiger partial charge >= 0.3 is 6.18 Å². The summed E-state index contributed by atoms with van der Waals surface area (Å²) in [5.41, 5.74) is 2.59. The largest absolute Gasteiger partial charge is 0.416 e. The fourth-order valence-electron chi connectivity index (χ4n) is 3.88. The number of nitrogens with one attached hydrogen (secondary N) is 1. The molecule has 0 aliphatic carbocycles. The minimum Gasteiger partial charge on any atom is -0.339 e. The number of rotatable bonds is 6. The van der Waals surface area contributed by atoms with Crippen molar-refractivity contribution in [3.05, 3.63) is 108 Å². The fraction of sp³-hybridized carbons (Fsp3) is 0.107. The SMILES string of the molecule is Cc1ccc(C(=O)Cc2cccc(C(F)(F)F)c2)cc1Nc1nc(-c2cccnc2)nc2ncccc12. The van der Waals surface area contributed by atoms with E-state index in [-0.39, 0.29) is 12.2 Å². The van der Waals surface area contributed by atoms with E-state index in [9.17, 15) is 18.0 Å². The number of fused-ring (bicyclic) bond motifs is 1. The number of hydrogen-bond donors (Lipinski definition) is 1. The number of carbonyl (C=O) groups excluding carboxylic acids is 1. The summed E-state index contributed by atoms with van der Waals surface area (Å²) in [6.45, 7) is 1.88. The number of alkyl halides is 3. The number of ketones is 1. The van der Waals surface area contributed by atoms with Gasteiger partial charge < -0.3 is 5.32 Å². The summed E-state index contributed by atoms with van der Waals surface area (Å²) < 4.78 is 39.2. The minimum atomic E-state index is -4.47. The van der Waals surface area contributed by atoms with Crippen LogP contribution < -0.4 is 5.32 Å². The van der Waals surface area contributed by atoms with Gasteiger partial charge in [0.2, 0.25) is 0 Å². The lowest BCUT2D eigenvalue weighted by Gasteiger charge is -2.14. The molecule has 5 rings (SSSR count). The predicted octanol–water partition coefficient (Wildman–Crippen LogP) is 6.58. The van der Waals surface area contributed by atoms with E-state index in [1.54, 1.807) is 48.9 Å². The van der Waals surface area contributed by atoms with Crippen LogP contribution in [-0.2, 0) is 12.6 Å². The molecule has 37 heavy (non-hydrogen) atoms. The van der Waals surface area contributed by atoms with Crippen molar-refractivity contribution in [3.8, 4) is 11.4 Å². The summed E-state index contributed by atoms with van der Waals surface area (Å²) in [6, 6.07) is 17.2. The topological polar surface area (TPSA) is 80.7 Å². The number of pyridine rings is 2. The number of nitrogens with zero attached hydrogens (tertiary/aromatic N) is 4. The van der Waals surface area contributed by atoms with Gasteiger partial charge in [0.05, 0.1) is 10.9 Å². The minimum absolute atomic E-state index is 0.155. The Hall–Kier alpha value is -4.66. The number of benzene rings is 2. The number of carbonyl (C=O) groups is 1. The molecule has 184 valence electrons. The standard InChI is InChI=1S/C28H20F3N5O/c1-17-9-10-19(24(37)14-18-5-2-7-21(13-18)28(29,30)31)15-23(17)34-27-22-8-4-12-33-26(22)35-25(36-27)20-6-3-11-32-16-20/h2-13,15-16H,14H2,1H3,(H,33,34,35,36). The number of anilines is 2. The Bertz CT molecular complexity index is 1600. The van der Waals surface area contributed by atoms with Gasteiger partial charge in [-0.2, -0.15) is 13.2 Å². The average molecular weight is 499 g/mol. The Balaban J connectivity index is 1.47. The maximum absolute atomic E-state index is 13.1. The highest BCUT2D eigenvalue weighted by Gasteiger charge is 2.30. The molecule has 0 saturated heterocycles. The first kappa shape index (κ1) is 24.1. The van der Waals surface area contributed by atoms with Crippen LogP contribution in [0.25, 0.3) is 22.4 Å². The Morgan fingerprint density at radius 3 is 2.57 bits per heavy atom. The zero-order chi connectivity index (χ0) is 26.0. The van der Waals surface area contributed by atoms with Crippen molar-refractivity contribution >= 4 is 28.3 Å². The molecule has 1 N–H and O–H groups in total. The third kappa shape index (κ3) is 5.30. The molecule has 0 unspecified atom stereocenters. The highest BCUT2D eigenvalue weighted by atomic mass is 19.4. The molecular formula is C28H20F3N5O. The molecule has 3 aromatic heterocycles. The van der Waals surface area contributed by atoms with Gasteiger partial charge in [0, 0.05) is 41.8 Å². The normalized spacial score (nSPS) is 11.5. The van der Waals surface area contributed by atoms with Crippen LogP contribution in [0, 0.1) is 6.92 Å². The van der Waals surface area contributed by atoms with Crippen LogP contribution >= 0.6 is 0 Å². The van der Waals surface area contributed by atoms with Crippen molar-refractivity contribution in [2.45, 2.75) is 19.5 Å². The Morgan fingerprint density at radius 1 is 0.946 bits per heavy atom. The van der Waals surface area contributed by atoms with E-state index in [1.807, 2.05) is 19.1 Å². The average Bonchev–Trinajstić information content (AvgIpc) is 2.90. The lowest BCUT2D eigenvalue weighted by Crippen LogP contribution is -2.08. The van der Waals surface area contributed by atoms with Crippen LogP contribution in [0.2, 0.25) is 0 Å². The molecule has 0 aliphatic rings. The molecule has 0 aliphatic heterocycles. The molecule has 6 nitrogen and oxygen atoms in total. The third-order valence-corrected chi connectivity index (χ3v) is 5.82. The Morgan fingerprint density at radius 2 is 1.78 bits per heavy atom. The van der Waals surface area contributed by atoms with E-state index in [0.29, 0.717) is 39.5 Å². The second-order valence-electron chi connectivity index (χ2n) is 8.46. The molecule has 0 saturated carbocycles. The van der Waals surface area contributed by atoms with Crippen molar-refractivity contribution in [1.82, 2.24) is 19.9 Å². The number of aromatic nitrogens is 4. The van der Waals surface area contributed by atoms with Crippen LogP contribution in [0.4, 0.5) is 24.7 Å². The zero-order valence-electron chi connectivity index (χ0n) is 19.6. The molecule has 0 spiro atoms. The third-order valence-electron chi connectivity index (χ3n) is 5.82. The first-order chi connectivity index (χ1) is 17.8. The number of hydrogen-bond acceptors (Lipinski definition) is 6. The molecule has 0 atom stereocenters. The summed E-state index contributed by atoms with van der Waals surface area (Å²) >= 11 is 0. The maximum atomic E-state index is 13.1. The highest BCUT2D eigenvalue weighted by molar-refractivity contribution is 5.99. The van der Waals surface area contributed by atoms with Crippen molar-refractivity contribution in [1.29, 1.82) is 0 Å². The molecule has 0 bridgehead atoms. The van der Waals surface area contributed by atoms with Gasteiger partial charge in [-0.3, -0.25) is 9.78 Å². The van der Waals surface area contributed by atoms with Crippen molar-refractivity contribution in [2.75, 3.05) is 5.32 Å². The lowest BCUT2D eigenvalue weighted by atomic mass is 9.99. The molecule has 9 heteroatoms. The lowest BCUT2D eigenvalue weighted by molar-refractivity contribution is -0.137. The smallest absolute Gasteiger partial charge is 0.339 e. The summed E-state index contributed by atoms with van der Waals surface area (Å²) in [6.07, 6.45) is 0.339. The Labute approximate surface area is 210 Å². The molecule has 0 radical (unpaired) electrons. The van der Waals surface area contributed by atoms with E-state index in [2.05, 4.69) is 25.3 Å². The summed E-state index contributed by atoms with van der Waals surface area (Å²) in [5.74, 6) is 0.645. The quantitative estimate of drug-likeness (QED) is 0.266. The van der Waals surface area contributed by atoms with Crippen LogP contribution in [0.1, 0.15) is 27.0 Å². The maximum Gasteiger partial charge on any atom is 0.416 e. The number of halogens is 3. The summed E-state index contributed by atoms with van der Waals surface area (Å²) in [4.78, 5) is 30.7. The van der Waals surface area contributed by atoms with Gasteiger partial charge in [-0.15, -0.1) is 0 Å². The van der Waals surface area contributed by atoms with Crippen molar-refractivity contribution < 1.29 is 18.0 Å². The number of aryl methyl sites for hydroxylation is 1. The first-order valence-corrected chi connectivity index (χ1v) is 11.4. The number of Topliss-reactive ketones (excluding diaryl/α,β-unsaturated/α-hetero) is 1. The van der Waals surface area contributed by atoms with Gasteiger partial charge in [0.15, 0.2) is 17.3 Å². The second-order valence-corrected chi connectivity index (χ2v) is 8.46. The fourth-order valence-corrected chi connectivity index (χ4v) is 3.88. The highest BCUT2D eigenvalue weighted by Crippen LogP contribution is 2.31. The van der Waals surface area contributed by atoms with E-state index < -0.39 is 11.7 Å². The van der Waals surface area contributed by atoms with E-state index in [1.165, 1.54) is 12.1 Å². The first-order valence-electron chi connectivity index (χ1n) is 11.4. The van der Waals surface area contributed by atoms with E-state index >= 15 is 0 Å². The predicted molar refractivity (Wildman–Crippen MR) is 135 cm³/mol. The summed E-state index contributed by atoms with van der Waals surface area (Å²) in [5, 5.41) is 3.99. The van der Waals surface area contributed by atoms with Gasteiger partial charge in [-0.25, -0.2) is 15.0 Å². The van der Waals surface area contributed by atoms with E-state index in [4.69, 9.17) is 0 Å². The van der Waals surface area contributed by atoms with Crippen LogP contribution in [0.15, 0.2) is 85.3 Å². The van der Waals surface area contributed by atoms with Crippen LogP contribution in [0.3, 0.4) is 0 Å². The monoisotopic (exact) mass is 499 g/mol. The molecule has 0 amide bonds. The molecule has 5 aromatic rings.